The van der Waals surface area contributed by atoms with Crippen LogP contribution in [0.5, 0.6) is 0 Å². The summed E-state index contributed by atoms with van der Waals surface area (Å²) in [6, 6.07) is 9.95. The number of piperazine rings is 1. The Labute approximate surface area is 145 Å². The molecule has 1 saturated heterocycles. The van der Waals surface area contributed by atoms with Gasteiger partial charge in [-0.2, -0.15) is 0 Å². The lowest BCUT2D eigenvalue weighted by Crippen LogP contribution is -2.53. The van der Waals surface area contributed by atoms with E-state index in [9.17, 15) is 9.59 Å². The lowest BCUT2D eigenvalue weighted by atomic mass is 9.94. The molecule has 1 aromatic rings. The van der Waals surface area contributed by atoms with Gasteiger partial charge in [-0.15, -0.1) is 0 Å². The summed E-state index contributed by atoms with van der Waals surface area (Å²) < 4.78 is 0. The Hall–Kier alpha value is -1.88. The van der Waals surface area contributed by atoms with E-state index in [0.29, 0.717) is 19.6 Å². The van der Waals surface area contributed by atoms with Crippen molar-refractivity contribution in [2.45, 2.75) is 33.7 Å². The Morgan fingerprint density at radius 3 is 2.21 bits per heavy atom. The van der Waals surface area contributed by atoms with Crippen LogP contribution in [-0.4, -0.2) is 54.3 Å². The Bertz CT molecular complexity index is 558. The van der Waals surface area contributed by atoms with Crippen LogP contribution in [0.25, 0.3) is 0 Å². The van der Waals surface area contributed by atoms with E-state index in [-0.39, 0.29) is 23.3 Å². The number of nitrogens with one attached hydrogen (secondary N) is 1. The van der Waals surface area contributed by atoms with Gasteiger partial charge in [-0.3, -0.25) is 14.5 Å². The highest BCUT2D eigenvalue weighted by atomic mass is 16.2. The summed E-state index contributed by atoms with van der Waals surface area (Å²) in [6.07, 6.45) is 0. The molecule has 0 radical (unpaired) electrons. The number of hydrogen-bond acceptors (Lipinski definition) is 3. The fraction of sp³-hybridized carbons (Fsp3) is 0.579. The first-order chi connectivity index (χ1) is 11.3. The number of rotatable bonds is 4. The van der Waals surface area contributed by atoms with Crippen LogP contribution in [0.4, 0.5) is 0 Å². The van der Waals surface area contributed by atoms with Gasteiger partial charge in [0.25, 0.3) is 0 Å². The summed E-state index contributed by atoms with van der Waals surface area (Å²) in [4.78, 5) is 28.5. The number of nitrogens with zero attached hydrogens (tertiary/aromatic N) is 2. The van der Waals surface area contributed by atoms with Crippen LogP contribution < -0.4 is 5.32 Å². The summed E-state index contributed by atoms with van der Waals surface area (Å²) in [5.74, 6) is 0.214. The fourth-order valence-corrected chi connectivity index (χ4v) is 2.90. The zero-order valence-electron chi connectivity index (χ0n) is 15.2. The monoisotopic (exact) mass is 331 g/mol. The molecule has 5 heteroatoms. The van der Waals surface area contributed by atoms with E-state index in [4.69, 9.17) is 0 Å². The summed E-state index contributed by atoms with van der Waals surface area (Å²) >= 11 is 0. The van der Waals surface area contributed by atoms with E-state index >= 15 is 0 Å². The molecule has 1 aliphatic rings. The molecule has 2 rings (SSSR count). The van der Waals surface area contributed by atoms with Crippen molar-refractivity contribution in [3.63, 3.8) is 0 Å². The molecule has 1 aromatic carbocycles. The quantitative estimate of drug-likeness (QED) is 0.919. The summed E-state index contributed by atoms with van der Waals surface area (Å²) in [5.41, 5.74) is 0.761. The topological polar surface area (TPSA) is 52.7 Å². The molecule has 0 saturated carbocycles. The number of amides is 2. The molecule has 0 spiro atoms. The van der Waals surface area contributed by atoms with Gasteiger partial charge >= 0.3 is 0 Å². The van der Waals surface area contributed by atoms with Crippen LogP contribution in [0.3, 0.4) is 0 Å². The third kappa shape index (κ3) is 5.06. The highest BCUT2D eigenvalue weighted by Crippen LogP contribution is 2.18. The molecule has 5 nitrogen and oxygen atoms in total. The molecule has 0 aliphatic carbocycles. The Morgan fingerprint density at radius 1 is 1.08 bits per heavy atom. The molecule has 1 unspecified atom stereocenters. The Morgan fingerprint density at radius 2 is 1.67 bits per heavy atom. The van der Waals surface area contributed by atoms with Crippen LogP contribution in [-0.2, 0) is 9.59 Å². The van der Waals surface area contributed by atoms with Gasteiger partial charge in [-0.05, 0) is 12.5 Å². The number of carbonyl (C=O) groups excluding carboxylic acids is 2. The maximum Gasteiger partial charge on any atom is 0.234 e. The van der Waals surface area contributed by atoms with Crippen LogP contribution in [0.2, 0.25) is 0 Å². The maximum absolute atomic E-state index is 12.3. The standard InChI is InChI=1S/C19H29N3O2/c1-15(16-8-6-5-7-9-16)20-17(23)14-21-10-12-22(13-11-21)18(24)19(2,3)4/h5-9,15H,10-14H2,1-4H3,(H,20,23). The van der Waals surface area contributed by atoms with Crippen LogP contribution >= 0.6 is 0 Å². The SMILES string of the molecule is CC(NC(=O)CN1CCN(C(=O)C(C)(C)C)CC1)c1ccccc1. The van der Waals surface area contributed by atoms with Gasteiger partial charge in [0.05, 0.1) is 12.6 Å². The van der Waals surface area contributed by atoms with E-state index in [1.807, 2.05) is 62.9 Å². The first kappa shape index (κ1) is 18.5. The Kier molecular flexibility index (Phi) is 5.99. The minimum absolute atomic E-state index is 0.00228. The molecule has 1 aliphatic heterocycles. The normalized spacial score (nSPS) is 17.4. The smallest absolute Gasteiger partial charge is 0.234 e. The second-order valence-electron chi connectivity index (χ2n) is 7.52. The first-order valence-electron chi connectivity index (χ1n) is 8.63. The zero-order chi connectivity index (χ0) is 17.7. The highest BCUT2D eigenvalue weighted by Gasteiger charge is 2.30. The van der Waals surface area contributed by atoms with Crippen molar-refractivity contribution in [1.82, 2.24) is 15.1 Å². The van der Waals surface area contributed by atoms with E-state index in [1.54, 1.807) is 0 Å². The molecule has 1 heterocycles. The second-order valence-corrected chi connectivity index (χ2v) is 7.52. The fourth-order valence-electron chi connectivity index (χ4n) is 2.90. The third-order valence-electron chi connectivity index (χ3n) is 4.35. The predicted molar refractivity (Wildman–Crippen MR) is 95.5 cm³/mol. The van der Waals surface area contributed by atoms with E-state index < -0.39 is 0 Å². The minimum atomic E-state index is -0.343. The van der Waals surface area contributed by atoms with Crippen LogP contribution in [0, 0.1) is 5.41 Å². The molecular weight excluding hydrogens is 302 g/mol. The van der Waals surface area contributed by atoms with E-state index in [0.717, 1.165) is 18.7 Å². The van der Waals surface area contributed by atoms with Crippen molar-refractivity contribution >= 4 is 11.8 Å². The molecule has 1 N–H and O–H groups in total. The van der Waals surface area contributed by atoms with Crippen LogP contribution in [0.15, 0.2) is 30.3 Å². The average Bonchev–Trinajstić information content (AvgIpc) is 2.54. The molecule has 1 atom stereocenters. The number of benzene rings is 1. The van der Waals surface area contributed by atoms with Gasteiger partial charge in [-0.25, -0.2) is 0 Å². The molecular formula is C19H29N3O2. The van der Waals surface area contributed by atoms with Crippen molar-refractivity contribution in [2.75, 3.05) is 32.7 Å². The van der Waals surface area contributed by atoms with Crippen molar-refractivity contribution in [3.05, 3.63) is 35.9 Å². The summed E-state index contributed by atoms with van der Waals surface area (Å²) in [7, 11) is 0. The molecule has 24 heavy (non-hydrogen) atoms. The summed E-state index contributed by atoms with van der Waals surface area (Å²) in [5, 5.41) is 3.04. The molecule has 132 valence electrons. The average molecular weight is 331 g/mol. The number of carbonyl (C=O) groups is 2. The predicted octanol–water partition coefficient (Wildman–Crippen LogP) is 2.05. The van der Waals surface area contributed by atoms with E-state index in [2.05, 4.69) is 10.2 Å². The van der Waals surface area contributed by atoms with Gasteiger partial charge < -0.3 is 10.2 Å². The zero-order valence-corrected chi connectivity index (χ0v) is 15.2. The Balaban J connectivity index is 1.77. The number of hydrogen-bond donors (Lipinski definition) is 1. The van der Waals surface area contributed by atoms with Gasteiger partial charge in [0, 0.05) is 31.6 Å². The van der Waals surface area contributed by atoms with Crippen LogP contribution in [0.1, 0.15) is 39.3 Å². The van der Waals surface area contributed by atoms with Crippen molar-refractivity contribution in [2.24, 2.45) is 5.41 Å². The molecule has 0 bridgehead atoms. The largest absolute Gasteiger partial charge is 0.348 e. The summed E-state index contributed by atoms with van der Waals surface area (Å²) in [6.45, 7) is 11.1. The van der Waals surface area contributed by atoms with Crippen molar-refractivity contribution in [1.29, 1.82) is 0 Å². The minimum Gasteiger partial charge on any atom is -0.348 e. The van der Waals surface area contributed by atoms with Gasteiger partial charge in [0.2, 0.25) is 11.8 Å². The maximum atomic E-state index is 12.3. The lowest BCUT2D eigenvalue weighted by molar-refractivity contribution is -0.141. The molecule has 0 aromatic heterocycles. The van der Waals surface area contributed by atoms with Gasteiger partial charge in [0.1, 0.15) is 0 Å². The first-order valence-corrected chi connectivity index (χ1v) is 8.63. The lowest BCUT2D eigenvalue weighted by Gasteiger charge is -2.37. The second kappa shape index (κ2) is 7.79. The van der Waals surface area contributed by atoms with E-state index in [1.165, 1.54) is 0 Å². The van der Waals surface area contributed by atoms with Crippen molar-refractivity contribution < 1.29 is 9.59 Å². The van der Waals surface area contributed by atoms with Gasteiger partial charge in [0.15, 0.2) is 0 Å². The molecule has 1 fully saturated rings. The highest BCUT2D eigenvalue weighted by molar-refractivity contribution is 5.81. The third-order valence-corrected chi connectivity index (χ3v) is 4.35. The van der Waals surface area contributed by atoms with Gasteiger partial charge in [-0.1, -0.05) is 51.1 Å². The molecule has 2 amide bonds. The van der Waals surface area contributed by atoms with Crippen molar-refractivity contribution in [3.8, 4) is 0 Å².